The van der Waals surface area contributed by atoms with Crippen LogP contribution < -0.4 is 15.8 Å². The third kappa shape index (κ3) is 3.54. The van der Waals surface area contributed by atoms with Crippen LogP contribution in [0, 0.1) is 5.82 Å². The number of anilines is 2. The van der Waals surface area contributed by atoms with Crippen molar-refractivity contribution in [1.82, 2.24) is 9.97 Å². The molecule has 4 rings (SSSR count). The van der Waals surface area contributed by atoms with E-state index in [1.54, 1.807) is 50.7 Å². The van der Waals surface area contributed by atoms with E-state index < -0.39 is 25.9 Å². The number of pyridine rings is 2. The van der Waals surface area contributed by atoms with E-state index in [1.165, 1.54) is 19.9 Å². The first kappa shape index (κ1) is 21.9. The van der Waals surface area contributed by atoms with Gasteiger partial charge in [-0.2, -0.15) is 0 Å². The minimum Gasteiger partial charge on any atom is -0.495 e. The lowest BCUT2D eigenvalue weighted by molar-refractivity contribution is 0.413. The number of fused-ring (bicyclic) bond motifs is 1. The minimum atomic E-state index is -3.66. The largest absolute Gasteiger partial charge is 0.495 e. The lowest BCUT2D eigenvalue weighted by Gasteiger charge is -2.38. The van der Waals surface area contributed by atoms with Crippen molar-refractivity contribution in [3.05, 3.63) is 54.1 Å². The second-order valence-electron chi connectivity index (χ2n) is 8.46. The smallest absolute Gasteiger partial charge is 0.165 e. The van der Waals surface area contributed by atoms with Crippen molar-refractivity contribution in [2.75, 3.05) is 18.2 Å². The standard InChI is InChI=1S/C22H24FN5O3S/c1-21(2)20(24)28-22(3,12-32(21,29)30)15-9-13(5-6-16(15)23)27-17-7-8-25-18-10-14(31-4)11-26-19(17)18/h5-11H,12H2,1-4H3,(H2,24,28)(H,25,27)/t22-/m0/s1. The number of aromatic nitrogens is 2. The summed E-state index contributed by atoms with van der Waals surface area (Å²) < 4.78 is 44.5. The molecule has 0 spiro atoms. The van der Waals surface area contributed by atoms with E-state index in [0.717, 1.165) is 0 Å². The monoisotopic (exact) mass is 457 g/mol. The zero-order valence-electron chi connectivity index (χ0n) is 18.2. The fraction of sp³-hybridized carbons (Fsp3) is 0.318. The highest BCUT2D eigenvalue weighted by atomic mass is 32.2. The maximum Gasteiger partial charge on any atom is 0.165 e. The molecule has 0 amide bonds. The number of benzene rings is 1. The minimum absolute atomic E-state index is 0.0395. The predicted molar refractivity (Wildman–Crippen MR) is 123 cm³/mol. The molecule has 1 atom stereocenters. The van der Waals surface area contributed by atoms with Gasteiger partial charge in [-0.1, -0.05) is 0 Å². The van der Waals surface area contributed by atoms with E-state index in [4.69, 9.17) is 10.5 Å². The van der Waals surface area contributed by atoms with E-state index in [9.17, 15) is 12.8 Å². The number of hydrogen-bond donors (Lipinski definition) is 2. The Morgan fingerprint density at radius 2 is 1.91 bits per heavy atom. The van der Waals surface area contributed by atoms with Gasteiger partial charge in [-0.25, -0.2) is 17.8 Å². The molecule has 3 aromatic rings. The molecular weight excluding hydrogens is 433 g/mol. The molecule has 1 aliphatic rings. The molecule has 0 bridgehead atoms. The van der Waals surface area contributed by atoms with E-state index in [2.05, 4.69) is 20.3 Å². The van der Waals surface area contributed by atoms with E-state index in [0.29, 0.717) is 28.2 Å². The number of aliphatic imine (C=N–C) groups is 1. The zero-order chi connectivity index (χ0) is 23.3. The molecule has 168 valence electrons. The molecule has 0 saturated carbocycles. The Hall–Kier alpha value is -3.27. The van der Waals surface area contributed by atoms with Gasteiger partial charge in [-0.3, -0.25) is 9.98 Å². The third-order valence-electron chi connectivity index (χ3n) is 5.85. The quantitative estimate of drug-likeness (QED) is 0.617. The number of nitrogens with one attached hydrogen (secondary N) is 1. The predicted octanol–water partition coefficient (Wildman–Crippen LogP) is 3.30. The fourth-order valence-electron chi connectivity index (χ4n) is 3.68. The molecule has 0 unspecified atom stereocenters. The number of nitrogens with zero attached hydrogens (tertiary/aromatic N) is 3. The Morgan fingerprint density at radius 1 is 1.16 bits per heavy atom. The summed E-state index contributed by atoms with van der Waals surface area (Å²) in [5.41, 5.74) is 7.22. The van der Waals surface area contributed by atoms with E-state index in [-0.39, 0.29) is 17.2 Å². The fourth-order valence-corrected chi connectivity index (χ4v) is 5.36. The number of methoxy groups -OCH3 is 1. The van der Waals surface area contributed by atoms with Crippen LogP contribution >= 0.6 is 0 Å². The van der Waals surface area contributed by atoms with Gasteiger partial charge in [0.1, 0.15) is 33.2 Å². The Balaban J connectivity index is 1.77. The van der Waals surface area contributed by atoms with Crippen LogP contribution in [0.3, 0.4) is 0 Å². The van der Waals surface area contributed by atoms with Crippen molar-refractivity contribution in [1.29, 1.82) is 0 Å². The second-order valence-corrected chi connectivity index (χ2v) is 11.0. The SMILES string of the molecule is COc1cnc2c(Nc3ccc(F)c([C@]4(C)CS(=O)(=O)C(C)(C)C(N)=N4)c3)ccnc2c1. The summed E-state index contributed by atoms with van der Waals surface area (Å²) in [6.07, 6.45) is 3.21. The first-order valence-corrected chi connectivity index (χ1v) is 11.6. The molecular formula is C22H24FN5O3S. The molecule has 1 aliphatic heterocycles. The number of sulfone groups is 1. The Bertz CT molecular complexity index is 1360. The van der Waals surface area contributed by atoms with Crippen molar-refractivity contribution < 1.29 is 17.5 Å². The highest BCUT2D eigenvalue weighted by Crippen LogP contribution is 2.39. The number of nitrogens with two attached hydrogens (primary N) is 1. The van der Waals surface area contributed by atoms with Gasteiger partial charge >= 0.3 is 0 Å². The van der Waals surface area contributed by atoms with Gasteiger partial charge in [0, 0.05) is 23.5 Å². The van der Waals surface area contributed by atoms with Crippen molar-refractivity contribution in [3.63, 3.8) is 0 Å². The van der Waals surface area contributed by atoms with Crippen LogP contribution in [0.25, 0.3) is 11.0 Å². The van der Waals surface area contributed by atoms with Gasteiger partial charge < -0.3 is 15.8 Å². The second kappa shape index (κ2) is 7.40. The van der Waals surface area contributed by atoms with Gasteiger partial charge in [-0.15, -0.1) is 0 Å². The van der Waals surface area contributed by atoms with Crippen LogP contribution in [0.5, 0.6) is 5.75 Å². The number of hydrogen-bond acceptors (Lipinski definition) is 8. The van der Waals surface area contributed by atoms with Crippen LogP contribution in [0.1, 0.15) is 26.3 Å². The molecule has 0 fully saturated rings. The van der Waals surface area contributed by atoms with Gasteiger partial charge in [0.05, 0.1) is 30.3 Å². The average molecular weight is 458 g/mol. The molecule has 8 nitrogen and oxygen atoms in total. The molecule has 32 heavy (non-hydrogen) atoms. The Kier molecular flexibility index (Phi) is 5.08. The van der Waals surface area contributed by atoms with E-state index >= 15 is 0 Å². The highest BCUT2D eigenvalue weighted by Gasteiger charge is 2.49. The Labute approximate surface area is 185 Å². The van der Waals surface area contributed by atoms with Crippen molar-refractivity contribution >= 4 is 38.1 Å². The van der Waals surface area contributed by atoms with Crippen LogP contribution in [0.15, 0.2) is 47.7 Å². The zero-order valence-corrected chi connectivity index (χ0v) is 19.0. The summed E-state index contributed by atoms with van der Waals surface area (Å²) in [5.74, 6) is -0.376. The highest BCUT2D eigenvalue weighted by molar-refractivity contribution is 7.93. The van der Waals surface area contributed by atoms with Crippen LogP contribution in [0.4, 0.5) is 15.8 Å². The van der Waals surface area contributed by atoms with Gasteiger partial charge in [0.25, 0.3) is 0 Å². The summed E-state index contributed by atoms with van der Waals surface area (Å²) in [4.78, 5) is 13.1. The normalized spacial score (nSPS) is 21.7. The maximum absolute atomic E-state index is 14.9. The summed E-state index contributed by atoms with van der Waals surface area (Å²) in [6, 6.07) is 7.90. The molecule has 3 heterocycles. The van der Waals surface area contributed by atoms with Gasteiger partial charge in [-0.05, 0) is 45.0 Å². The third-order valence-corrected chi connectivity index (χ3v) is 8.55. The van der Waals surface area contributed by atoms with E-state index in [1.807, 2.05) is 0 Å². The summed E-state index contributed by atoms with van der Waals surface area (Å²) in [7, 11) is -2.11. The molecule has 0 radical (unpaired) electrons. The van der Waals surface area contributed by atoms with Crippen LogP contribution in [-0.4, -0.2) is 41.8 Å². The topological polar surface area (TPSA) is 120 Å². The summed E-state index contributed by atoms with van der Waals surface area (Å²) in [5, 5.41) is 3.22. The lowest BCUT2D eigenvalue weighted by atomic mass is 9.92. The molecule has 10 heteroatoms. The Morgan fingerprint density at radius 3 is 2.59 bits per heavy atom. The lowest BCUT2D eigenvalue weighted by Crippen LogP contribution is -2.54. The molecule has 2 aromatic heterocycles. The molecule has 3 N–H and O–H groups in total. The number of amidine groups is 1. The average Bonchev–Trinajstić information content (AvgIpc) is 2.73. The first-order valence-electron chi connectivity index (χ1n) is 9.91. The van der Waals surface area contributed by atoms with Crippen molar-refractivity contribution in [2.24, 2.45) is 10.7 Å². The molecule has 0 saturated heterocycles. The van der Waals surface area contributed by atoms with Gasteiger partial charge in [0.2, 0.25) is 0 Å². The molecule has 1 aromatic carbocycles. The van der Waals surface area contributed by atoms with Crippen LogP contribution in [0.2, 0.25) is 0 Å². The maximum atomic E-state index is 14.9. The van der Waals surface area contributed by atoms with Crippen LogP contribution in [-0.2, 0) is 15.4 Å². The number of halogens is 1. The van der Waals surface area contributed by atoms with Crippen molar-refractivity contribution in [3.8, 4) is 5.75 Å². The van der Waals surface area contributed by atoms with Crippen molar-refractivity contribution in [2.45, 2.75) is 31.1 Å². The molecule has 0 aliphatic carbocycles. The number of ether oxygens (including phenoxy) is 1. The van der Waals surface area contributed by atoms with Gasteiger partial charge in [0.15, 0.2) is 9.84 Å². The number of rotatable bonds is 4. The summed E-state index contributed by atoms with van der Waals surface area (Å²) >= 11 is 0. The summed E-state index contributed by atoms with van der Waals surface area (Å²) in [6.45, 7) is 4.59. The first-order chi connectivity index (χ1) is 15.0.